The van der Waals surface area contributed by atoms with Crippen molar-refractivity contribution < 1.29 is 29.0 Å². The third kappa shape index (κ3) is 4.08. The van der Waals surface area contributed by atoms with Crippen LogP contribution in [0.2, 0.25) is 0 Å². The summed E-state index contributed by atoms with van der Waals surface area (Å²) >= 11 is 5.92. The van der Waals surface area contributed by atoms with Gasteiger partial charge < -0.3 is 14.6 Å². The number of nitrogens with zero attached hydrogens (tertiary/aromatic N) is 1. The van der Waals surface area contributed by atoms with Crippen LogP contribution >= 0.6 is 24.0 Å². The normalized spacial score (nSPS) is 18.1. The summed E-state index contributed by atoms with van der Waals surface area (Å²) in [5, 5.41) is 17.9. The molecule has 2 heterocycles. The van der Waals surface area contributed by atoms with Gasteiger partial charge in [0.05, 0.1) is 17.6 Å². The van der Waals surface area contributed by atoms with Crippen LogP contribution in [0.25, 0.3) is 6.08 Å². The van der Waals surface area contributed by atoms with Crippen molar-refractivity contribution in [2.75, 3.05) is 0 Å². The molecule has 0 saturated carbocycles. The molecule has 1 atom stereocenters. The summed E-state index contributed by atoms with van der Waals surface area (Å²) in [6.07, 6.45) is 5.44. The number of furan rings is 1. The van der Waals surface area contributed by atoms with E-state index in [9.17, 15) is 14.4 Å². The SMILES string of the molecule is O=C(O)C[C@H](C(=O)O)N1C(=O)/C(=C/C=C/c2ccco2)SC1=S. The van der Waals surface area contributed by atoms with Crippen LogP contribution in [0.5, 0.6) is 0 Å². The molecule has 1 aliphatic rings. The molecule has 0 unspecified atom stereocenters. The Morgan fingerprint density at radius 1 is 1.43 bits per heavy atom. The molecule has 2 N–H and O–H groups in total. The Labute approximate surface area is 140 Å². The standard InChI is InChI=1S/C14H11NO6S2/c16-11(17)7-9(13(19)20)15-12(18)10(23-14(15)22)5-1-3-8-4-2-6-21-8/h1-6,9H,7H2,(H,16,17)(H,19,20)/b3-1+,10-5-/t9-/m1/s1. The van der Waals surface area contributed by atoms with Gasteiger partial charge in [0.25, 0.3) is 5.91 Å². The number of hydrogen-bond acceptors (Lipinski definition) is 6. The van der Waals surface area contributed by atoms with Crippen LogP contribution in [-0.4, -0.2) is 43.3 Å². The molecule has 0 radical (unpaired) electrons. The zero-order valence-corrected chi connectivity index (χ0v) is 13.2. The van der Waals surface area contributed by atoms with Crippen LogP contribution in [0.4, 0.5) is 0 Å². The topological polar surface area (TPSA) is 108 Å². The summed E-state index contributed by atoms with van der Waals surface area (Å²) in [4.78, 5) is 35.3. The predicted octanol–water partition coefficient (Wildman–Crippen LogP) is 1.96. The minimum atomic E-state index is -1.53. The maximum Gasteiger partial charge on any atom is 0.327 e. The van der Waals surface area contributed by atoms with Crippen molar-refractivity contribution in [2.24, 2.45) is 0 Å². The van der Waals surface area contributed by atoms with E-state index in [1.807, 2.05) is 0 Å². The second-order valence-electron chi connectivity index (χ2n) is 4.40. The van der Waals surface area contributed by atoms with Gasteiger partial charge >= 0.3 is 11.9 Å². The van der Waals surface area contributed by atoms with Gasteiger partial charge in [0, 0.05) is 0 Å². The zero-order chi connectivity index (χ0) is 17.0. The highest BCUT2D eigenvalue weighted by molar-refractivity contribution is 8.26. The van der Waals surface area contributed by atoms with Crippen LogP contribution in [0.3, 0.4) is 0 Å². The van der Waals surface area contributed by atoms with Crippen LogP contribution in [0.1, 0.15) is 12.2 Å². The van der Waals surface area contributed by atoms with Crippen LogP contribution in [-0.2, 0) is 14.4 Å². The fraction of sp³-hybridized carbons (Fsp3) is 0.143. The Hall–Kier alpha value is -2.39. The first-order chi connectivity index (χ1) is 10.9. The largest absolute Gasteiger partial charge is 0.481 e. The number of thiocarbonyl (C=S) groups is 1. The highest BCUT2D eigenvalue weighted by Gasteiger charge is 2.41. The lowest BCUT2D eigenvalue weighted by atomic mass is 10.2. The number of carboxylic acids is 2. The molecule has 0 aliphatic carbocycles. The summed E-state index contributed by atoms with van der Waals surface area (Å²) in [6.45, 7) is 0. The fourth-order valence-corrected chi connectivity index (χ4v) is 3.14. The first kappa shape index (κ1) is 17.0. The van der Waals surface area contributed by atoms with Crippen LogP contribution < -0.4 is 0 Å². The van der Waals surface area contributed by atoms with Crippen molar-refractivity contribution in [3.63, 3.8) is 0 Å². The third-order valence-electron chi connectivity index (χ3n) is 2.84. The van der Waals surface area contributed by atoms with Gasteiger partial charge in [-0.3, -0.25) is 14.5 Å². The number of thioether (sulfide) groups is 1. The van der Waals surface area contributed by atoms with E-state index in [0.29, 0.717) is 5.76 Å². The molecule has 9 heteroatoms. The molecule has 7 nitrogen and oxygen atoms in total. The smallest absolute Gasteiger partial charge is 0.327 e. The van der Waals surface area contributed by atoms with E-state index in [1.165, 1.54) is 12.3 Å². The second kappa shape index (κ2) is 7.25. The van der Waals surface area contributed by atoms with Crippen molar-refractivity contribution in [3.8, 4) is 0 Å². The average Bonchev–Trinajstić information content (AvgIpc) is 3.06. The van der Waals surface area contributed by atoms with Gasteiger partial charge in [0.2, 0.25) is 0 Å². The molecule has 1 fully saturated rings. The van der Waals surface area contributed by atoms with Gasteiger partial charge in [-0.05, 0) is 24.3 Å². The van der Waals surface area contributed by atoms with E-state index >= 15 is 0 Å². The van der Waals surface area contributed by atoms with E-state index in [4.69, 9.17) is 26.8 Å². The van der Waals surface area contributed by atoms with Gasteiger partial charge in [-0.1, -0.05) is 30.1 Å². The quantitative estimate of drug-likeness (QED) is 0.590. The van der Waals surface area contributed by atoms with Gasteiger partial charge in [-0.25, -0.2) is 4.79 Å². The number of hydrogen-bond donors (Lipinski definition) is 2. The highest BCUT2D eigenvalue weighted by atomic mass is 32.2. The average molecular weight is 353 g/mol. The third-order valence-corrected chi connectivity index (χ3v) is 4.19. The number of carboxylic acid groups (broad SMARTS) is 2. The molecule has 2 rings (SSSR count). The summed E-state index contributed by atoms with van der Waals surface area (Å²) < 4.78 is 5.11. The molecule has 1 aliphatic heterocycles. The number of rotatable bonds is 6. The highest BCUT2D eigenvalue weighted by Crippen LogP contribution is 2.33. The molecule has 120 valence electrons. The maximum absolute atomic E-state index is 12.3. The van der Waals surface area contributed by atoms with Crippen molar-refractivity contribution in [2.45, 2.75) is 12.5 Å². The Morgan fingerprint density at radius 2 is 2.17 bits per heavy atom. The molecule has 1 aromatic heterocycles. The van der Waals surface area contributed by atoms with E-state index in [1.54, 1.807) is 24.3 Å². The lowest BCUT2D eigenvalue weighted by Crippen LogP contribution is -2.45. The predicted molar refractivity (Wildman–Crippen MR) is 86.5 cm³/mol. The lowest BCUT2D eigenvalue weighted by Gasteiger charge is -2.21. The van der Waals surface area contributed by atoms with Crippen LogP contribution in [0, 0.1) is 0 Å². The van der Waals surface area contributed by atoms with Crippen LogP contribution in [0.15, 0.2) is 39.9 Å². The molecule has 0 spiro atoms. The van der Waals surface area contributed by atoms with E-state index in [2.05, 4.69) is 0 Å². The van der Waals surface area contributed by atoms with E-state index in [0.717, 1.165) is 16.7 Å². The fourth-order valence-electron chi connectivity index (χ4n) is 1.83. The van der Waals surface area contributed by atoms with Gasteiger partial charge in [0.15, 0.2) is 0 Å². The summed E-state index contributed by atoms with van der Waals surface area (Å²) in [6, 6.07) is 1.91. The molecule has 1 aromatic rings. The summed E-state index contributed by atoms with van der Waals surface area (Å²) in [5.74, 6) is -2.78. The molecular weight excluding hydrogens is 342 g/mol. The molecular formula is C14H11NO6S2. The van der Waals surface area contributed by atoms with Crippen molar-refractivity contribution in [1.29, 1.82) is 0 Å². The molecule has 1 amide bonds. The van der Waals surface area contributed by atoms with Gasteiger partial charge in [0.1, 0.15) is 16.1 Å². The minimum Gasteiger partial charge on any atom is -0.481 e. The molecule has 0 bridgehead atoms. The van der Waals surface area contributed by atoms with Crippen molar-refractivity contribution in [3.05, 3.63) is 41.2 Å². The number of carbonyl (C=O) groups excluding carboxylic acids is 1. The zero-order valence-electron chi connectivity index (χ0n) is 11.5. The van der Waals surface area contributed by atoms with E-state index < -0.39 is 30.3 Å². The summed E-state index contributed by atoms with van der Waals surface area (Å²) in [5.41, 5.74) is 0. The Balaban J connectivity index is 2.18. The Bertz CT molecular complexity index is 707. The number of amides is 1. The molecule has 23 heavy (non-hydrogen) atoms. The number of allylic oxidation sites excluding steroid dienone is 2. The van der Waals surface area contributed by atoms with Crippen molar-refractivity contribution >= 4 is 52.2 Å². The first-order valence-electron chi connectivity index (χ1n) is 6.32. The number of carbonyl (C=O) groups is 3. The van der Waals surface area contributed by atoms with E-state index in [-0.39, 0.29) is 9.23 Å². The first-order valence-corrected chi connectivity index (χ1v) is 7.54. The number of aliphatic carboxylic acids is 2. The summed E-state index contributed by atoms with van der Waals surface area (Å²) in [7, 11) is 0. The monoisotopic (exact) mass is 353 g/mol. The molecule has 1 saturated heterocycles. The Morgan fingerprint density at radius 3 is 2.74 bits per heavy atom. The van der Waals surface area contributed by atoms with Gasteiger partial charge in [-0.15, -0.1) is 0 Å². The maximum atomic E-state index is 12.3. The second-order valence-corrected chi connectivity index (χ2v) is 6.08. The lowest BCUT2D eigenvalue weighted by molar-refractivity contribution is -0.150. The van der Waals surface area contributed by atoms with Crippen molar-refractivity contribution in [1.82, 2.24) is 4.90 Å². The Kier molecular flexibility index (Phi) is 5.35. The minimum absolute atomic E-state index is 0.0151. The van der Waals surface area contributed by atoms with Gasteiger partial charge in [-0.2, -0.15) is 0 Å². The molecule has 0 aromatic carbocycles.